The van der Waals surface area contributed by atoms with Crippen LogP contribution in [0.3, 0.4) is 0 Å². The van der Waals surface area contributed by atoms with Crippen LogP contribution in [0.4, 0.5) is 18.9 Å². The molecule has 0 radical (unpaired) electrons. The average molecular weight is 316 g/mol. The fraction of sp³-hybridized carbons (Fsp3) is 0.0588. The van der Waals surface area contributed by atoms with Gasteiger partial charge in [-0.15, -0.1) is 13.2 Å². The lowest BCUT2D eigenvalue weighted by Gasteiger charge is -2.25. The Morgan fingerprint density at radius 1 is 0.913 bits per heavy atom. The zero-order chi connectivity index (χ0) is 16.4. The van der Waals surface area contributed by atoms with Gasteiger partial charge >= 0.3 is 6.30 Å². The SMILES string of the molecule is O=C(c1ccnc2ccccc12)N(c1ccccc1)C(F)(F)F. The third-order valence-electron chi connectivity index (χ3n) is 3.35. The molecule has 0 unspecified atom stereocenters. The lowest BCUT2D eigenvalue weighted by atomic mass is 10.1. The fourth-order valence-corrected chi connectivity index (χ4v) is 2.36. The van der Waals surface area contributed by atoms with E-state index in [1.165, 1.54) is 36.5 Å². The van der Waals surface area contributed by atoms with E-state index >= 15 is 0 Å². The molecule has 23 heavy (non-hydrogen) atoms. The number of carbonyl (C=O) groups excluding carboxylic acids is 1. The Bertz CT molecular complexity index is 842. The fourth-order valence-electron chi connectivity index (χ4n) is 2.36. The van der Waals surface area contributed by atoms with E-state index < -0.39 is 12.2 Å². The molecule has 0 saturated carbocycles. The second-order valence-corrected chi connectivity index (χ2v) is 4.82. The summed E-state index contributed by atoms with van der Waals surface area (Å²) in [6.45, 7) is 0. The van der Waals surface area contributed by atoms with Crippen molar-refractivity contribution in [1.82, 2.24) is 4.98 Å². The maximum Gasteiger partial charge on any atom is 0.491 e. The predicted octanol–water partition coefficient (Wildman–Crippen LogP) is 4.40. The molecule has 3 nitrogen and oxygen atoms in total. The van der Waals surface area contributed by atoms with Crippen LogP contribution in [0.2, 0.25) is 0 Å². The average Bonchev–Trinajstić information content (AvgIpc) is 2.54. The van der Waals surface area contributed by atoms with Gasteiger partial charge in [-0.25, -0.2) is 4.90 Å². The number of hydrogen-bond acceptors (Lipinski definition) is 2. The highest BCUT2D eigenvalue weighted by Gasteiger charge is 2.42. The van der Waals surface area contributed by atoms with Gasteiger partial charge in [0.15, 0.2) is 0 Å². The van der Waals surface area contributed by atoms with E-state index in [4.69, 9.17) is 0 Å². The molecule has 0 aliphatic heterocycles. The van der Waals surface area contributed by atoms with E-state index in [0.29, 0.717) is 10.9 Å². The van der Waals surface area contributed by atoms with Gasteiger partial charge in [0.05, 0.1) is 16.8 Å². The Labute approximate surface area is 130 Å². The van der Waals surface area contributed by atoms with Crippen molar-refractivity contribution in [3.63, 3.8) is 0 Å². The number of para-hydroxylation sites is 2. The zero-order valence-corrected chi connectivity index (χ0v) is 11.8. The molecule has 0 N–H and O–H groups in total. The summed E-state index contributed by atoms with van der Waals surface area (Å²) in [6.07, 6.45) is -3.50. The van der Waals surface area contributed by atoms with Crippen molar-refractivity contribution in [2.24, 2.45) is 0 Å². The topological polar surface area (TPSA) is 33.2 Å². The third kappa shape index (κ3) is 2.88. The number of halogens is 3. The highest BCUT2D eigenvalue weighted by Crippen LogP contribution is 2.31. The molecule has 0 bridgehead atoms. The van der Waals surface area contributed by atoms with Crippen LogP contribution in [0.15, 0.2) is 66.9 Å². The minimum atomic E-state index is -4.83. The molecule has 3 aromatic rings. The standard InChI is InChI=1S/C17H11F3N2O/c18-17(19,20)22(12-6-2-1-3-7-12)16(23)14-10-11-21-15-9-5-4-8-13(14)15/h1-11H. The Balaban J connectivity index is 2.15. The number of pyridine rings is 1. The van der Waals surface area contributed by atoms with Crippen LogP contribution in [0.25, 0.3) is 10.9 Å². The molecule has 0 spiro atoms. The number of fused-ring (bicyclic) bond motifs is 1. The van der Waals surface area contributed by atoms with Crippen LogP contribution in [-0.2, 0) is 0 Å². The van der Waals surface area contributed by atoms with Crippen molar-refractivity contribution in [1.29, 1.82) is 0 Å². The van der Waals surface area contributed by atoms with E-state index in [1.54, 1.807) is 30.3 Å². The van der Waals surface area contributed by atoms with Crippen LogP contribution in [0, 0.1) is 0 Å². The molecule has 0 atom stereocenters. The quantitative estimate of drug-likeness (QED) is 0.657. The molecule has 3 rings (SSSR count). The molecule has 2 aromatic carbocycles. The van der Waals surface area contributed by atoms with Crippen LogP contribution in [0.1, 0.15) is 10.4 Å². The van der Waals surface area contributed by atoms with E-state index in [1.807, 2.05) is 0 Å². The van der Waals surface area contributed by atoms with Crippen molar-refractivity contribution in [3.05, 3.63) is 72.4 Å². The highest BCUT2D eigenvalue weighted by molar-refractivity contribution is 6.13. The Morgan fingerprint density at radius 2 is 1.57 bits per heavy atom. The van der Waals surface area contributed by atoms with E-state index in [0.717, 1.165) is 0 Å². The van der Waals surface area contributed by atoms with Crippen LogP contribution in [0.5, 0.6) is 0 Å². The lowest BCUT2D eigenvalue weighted by Crippen LogP contribution is -2.43. The van der Waals surface area contributed by atoms with Gasteiger partial charge in [0.25, 0.3) is 5.91 Å². The summed E-state index contributed by atoms with van der Waals surface area (Å²) < 4.78 is 40.3. The summed E-state index contributed by atoms with van der Waals surface area (Å²) in [6, 6.07) is 14.9. The number of anilines is 1. The van der Waals surface area contributed by atoms with Crippen LogP contribution >= 0.6 is 0 Å². The normalized spacial score (nSPS) is 11.4. The number of nitrogens with zero attached hydrogens (tertiary/aromatic N) is 2. The maximum atomic E-state index is 13.4. The largest absolute Gasteiger partial charge is 0.491 e. The van der Waals surface area contributed by atoms with E-state index in [-0.39, 0.29) is 16.2 Å². The van der Waals surface area contributed by atoms with Crippen LogP contribution in [-0.4, -0.2) is 17.2 Å². The first-order chi connectivity index (χ1) is 11.0. The summed E-state index contributed by atoms with van der Waals surface area (Å²) in [7, 11) is 0. The smallest absolute Gasteiger partial charge is 0.268 e. The van der Waals surface area contributed by atoms with Crippen molar-refractivity contribution in [2.45, 2.75) is 6.30 Å². The number of carbonyl (C=O) groups is 1. The van der Waals surface area contributed by atoms with Crippen molar-refractivity contribution < 1.29 is 18.0 Å². The van der Waals surface area contributed by atoms with Gasteiger partial charge in [-0.3, -0.25) is 9.78 Å². The first kappa shape index (κ1) is 15.0. The molecule has 0 aliphatic rings. The van der Waals surface area contributed by atoms with Gasteiger partial charge in [-0.1, -0.05) is 36.4 Å². The zero-order valence-electron chi connectivity index (χ0n) is 11.8. The Hall–Kier alpha value is -2.89. The second-order valence-electron chi connectivity index (χ2n) is 4.82. The van der Waals surface area contributed by atoms with Crippen molar-refractivity contribution >= 4 is 22.5 Å². The summed E-state index contributed by atoms with van der Waals surface area (Å²) in [4.78, 5) is 16.5. The number of benzene rings is 2. The Kier molecular flexibility index (Phi) is 3.73. The molecule has 0 fully saturated rings. The maximum absolute atomic E-state index is 13.4. The molecule has 1 aromatic heterocycles. The molecular formula is C17H11F3N2O. The van der Waals surface area contributed by atoms with Gasteiger partial charge in [0.2, 0.25) is 0 Å². The predicted molar refractivity (Wildman–Crippen MR) is 81.0 cm³/mol. The summed E-state index contributed by atoms with van der Waals surface area (Å²) >= 11 is 0. The van der Waals surface area contributed by atoms with Crippen molar-refractivity contribution in [2.75, 3.05) is 4.90 Å². The monoisotopic (exact) mass is 316 g/mol. The van der Waals surface area contributed by atoms with Gasteiger partial charge < -0.3 is 0 Å². The molecule has 116 valence electrons. The first-order valence-electron chi connectivity index (χ1n) is 6.78. The summed E-state index contributed by atoms with van der Waals surface area (Å²) in [5.74, 6) is -1.14. The number of amides is 1. The first-order valence-corrected chi connectivity index (χ1v) is 6.78. The van der Waals surface area contributed by atoms with Crippen molar-refractivity contribution in [3.8, 4) is 0 Å². The summed E-state index contributed by atoms with van der Waals surface area (Å²) in [5.41, 5.74) is 0.191. The third-order valence-corrected chi connectivity index (χ3v) is 3.35. The lowest BCUT2D eigenvalue weighted by molar-refractivity contribution is -0.122. The molecule has 6 heteroatoms. The van der Waals surface area contributed by atoms with E-state index in [2.05, 4.69) is 4.98 Å². The Morgan fingerprint density at radius 3 is 2.26 bits per heavy atom. The minimum Gasteiger partial charge on any atom is -0.268 e. The van der Waals surface area contributed by atoms with Gasteiger partial charge in [-0.2, -0.15) is 0 Å². The molecule has 0 aliphatic carbocycles. The van der Waals surface area contributed by atoms with Gasteiger partial charge in [0, 0.05) is 11.6 Å². The molecule has 1 amide bonds. The van der Waals surface area contributed by atoms with E-state index in [9.17, 15) is 18.0 Å². The molecule has 1 heterocycles. The number of alkyl halides is 3. The summed E-state index contributed by atoms with van der Waals surface area (Å²) in [5, 5.41) is 0.380. The van der Waals surface area contributed by atoms with Crippen LogP contribution < -0.4 is 4.90 Å². The highest BCUT2D eigenvalue weighted by atomic mass is 19.4. The van der Waals surface area contributed by atoms with Gasteiger partial charge in [0.1, 0.15) is 0 Å². The second kappa shape index (κ2) is 5.72. The minimum absolute atomic E-state index is 0.0446. The number of rotatable bonds is 2. The van der Waals surface area contributed by atoms with Gasteiger partial charge in [-0.05, 0) is 24.3 Å². The molecular weight excluding hydrogens is 305 g/mol. The number of aromatic nitrogens is 1. The molecule has 0 saturated heterocycles. The number of hydrogen-bond donors (Lipinski definition) is 0.